The zero-order valence-electron chi connectivity index (χ0n) is 6.42. The van der Waals surface area contributed by atoms with Gasteiger partial charge in [-0.2, -0.15) is 0 Å². The van der Waals surface area contributed by atoms with Crippen molar-refractivity contribution >= 4 is 6.03 Å². The van der Waals surface area contributed by atoms with E-state index in [1.165, 1.54) is 0 Å². The lowest BCUT2D eigenvalue weighted by Crippen LogP contribution is -2.32. The summed E-state index contributed by atoms with van der Waals surface area (Å²) in [5, 5.41) is 2.52. The second kappa shape index (κ2) is 4.85. The van der Waals surface area contributed by atoms with Gasteiger partial charge in [0, 0.05) is 6.54 Å². The number of nitrogens with one attached hydrogen (secondary N) is 1. The van der Waals surface area contributed by atoms with Gasteiger partial charge in [-0.15, -0.1) is 0 Å². The largest absolute Gasteiger partial charge is 0.352 e. The Hall–Kier alpha value is -0.990. The smallest absolute Gasteiger partial charge is 0.312 e. The molecule has 0 unspecified atom stereocenters. The van der Waals surface area contributed by atoms with Crippen LogP contribution in [0.25, 0.3) is 0 Å². The first-order valence-corrected chi connectivity index (χ1v) is 3.33. The van der Waals surface area contributed by atoms with E-state index in [0.29, 0.717) is 12.5 Å². The standard InChI is InChI=1S/C7H14N2O/c1-3-4-6(2)5-9-7(8)10/h3-4,6H,5H2,1-2H3,(H3,8,9,10)/b4-3+/t6-/m0/s1. The van der Waals surface area contributed by atoms with E-state index in [0.717, 1.165) is 0 Å². The predicted molar refractivity (Wildman–Crippen MR) is 41.6 cm³/mol. The maximum absolute atomic E-state index is 10.2. The summed E-state index contributed by atoms with van der Waals surface area (Å²) >= 11 is 0. The number of hydrogen-bond acceptors (Lipinski definition) is 1. The Bertz CT molecular complexity index is 132. The van der Waals surface area contributed by atoms with E-state index in [4.69, 9.17) is 5.73 Å². The van der Waals surface area contributed by atoms with Gasteiger partial charge < -0.3 is 11.1 Å². The van der Waals surface area contributed by atoms with Crippen molar-refractivity contribution in [3.05, 3.63) is 12.2 Å². The molecule has 0 fully saturated rings. The molecule has 0 aromatic carbocycles. The summed E-state index contributed by atoms with van der Waals surface area (Å²) in [6.07, 6.45) is 3.96. The minimum atomic E-state index is -0.462. The molecule has 0 aromatic heterocycles. The van der Waals surface area contributed by atoms with Crippen LogP contribution in [-0.4, -0.2) is 12.6 Å². The zero-order valence-corrected chi connectivity index (χ0v) is 6.42. The molecular formula is C7H14N2O. The lowest BCUT2D eigenvalue weighted by Gasteiger charge is -2.04. The summed E-state index contributed by atoms with van der Waals surface area (Å²) in [4.78, 5) is 10.2. The van der Waals surface area contributed by atoms with Crippen LogP contribution in [-0.2, 0) is 0 Å². The van der Waals surface area contributed by atoms with Crippen LogP contribution < -0.4 is 11.1 Å². The van der Waals surface area contributed by atoms with Crippen LogP contribution in [0, 0.1) is 5.92 Å². The van der Waals surface area contributed by atoms with E-state index in [9.17, 15) is 4.79 Å². The molecule has 0 saturated carbocycles. The SMILES string of the molecule is C/C=C/[C@H](C)CNC(N)=O. The summed E-state index contributed by atoms with van der Waals surface area (Å²) in [5.74, 6) is 0.359. The Morgan fingerprint density at radius 3 is 2.80 bits per heavy atom. The maximum Gasteiger partial charge on any atom is 0.312 e. The number of primary amides is 1. The number of nitrogens with two attached hydrogens (primary N) is 1. The molecule has 0 spiro atoms. The van der Waals surface area contributed by atoms with Crippen molar-refractivity contribution in [3.8, 4) is 0 Å². The molecule has 0 heterocycles. The van der Waals surface area contributed by atoms with Crippen LogP contribution in [0.1, 0.15) is 13.8 Å². The zero-order chi connectivity index (χ0) is 7.98. The number of amides is 2. The Labute approximate surface area is 61.3 Å². The first kappa shape index (κ1) is 9.01. The molecule has 0 radical (unpaired) electrons. The second-order valence-corrected chi connectivity index (χ2v) is 2.25. The molecule has 3 heteroatoms. The summed E-state index contributed by atoms with van der Waals surface area (Å²) in [7, 11) is 0. The average molecular weight is 142 g/mol. The fourth-order valence-electron chi connectivity index (χ4n) is 0.658. The predicted octanol–water partition coefficient (Wildman–Crippen LogP) is 0.867. The van der Waals surface area contributed by atoms with Gasteiger partial charge in [0.1, 0.15) is 0 Å². The van der Waals surface area contributed by atoms with Crippen LogP contribution in [0.15, 0.2) is 12.2 Å². The second-order valence-electron chi connectivity index (χ2n) is 2.25. The first-order chi connectivity index (χ1) is 4.66. The Balaban J connectivity index is 3.39. The molecule has 0 aliphatic rings. The van der Waals surface area contributed by atoms with E-state index in [1.807, 2.05) is 26.0 Å². The monoisotopic (exact) mass is 142 g/mol. The molecule has 0 aromatic rings. The molecule has 3 nitrogen and oxygen atoms in total. The highest BCUT2D eigenvalue weighted by Gasteiger charge is 1.96. The van der Waals surface area contributed by atoms with Crippen molar-refractivity contribution < 1.29 is 4.79 Å². The van der Waals surface area contributed by atoms with E-state index in [2.05, 4.69) is 5.32 Å². The fourth-order valence-corrected chi connectivity index (χ4v) is 0.658. The molecule has 0 aliphatic carbocycles. The Kier molecular flexibility index (Phi) is 4.37. The highest BCUT2D eigenvalue weighted by atomic mass is 16.2. The number of carbonyl (C=O) groups is 1. The minimum absolute atomic E-state index is 0.359. The molecule has 10 heavy (non-hydrogen) atoms. The number of allylic oxidation sites excluding steroid dienone is 1. The van der Waals surface area contributed by atoms with Gasteiger partial charge in [-0.25, -0.2) is 4.79 Å². The van der Waals surface area contributed by atoms with Crippen LogP contribution in [0.4, 0.5) is 4.79 Å². The van der Waals surface area contributed by atoms with Crippen molar-refractivity contribution in [1.82, 2.24) is 5.32 Å². The minimum Gasteiger partial charge on any atom is -0.352 e. The van der Waals surface area contributed by atoms with Crippen molar-refractivity contribution in [3.63, 3.8) is 0 Å². The topological polar surface area (TPSA) is 55.1 Å². The lowest BCUT2D eigenvalue weighted by atomic mass is 10.2. The van der Waals surface area contributed by atoms with Gasteiger partial charge in [0.05, 0.1) is 0 Å². The first-order valence-electron chi connectivity index (χ1n) is 3.33. The third kappa shape index (κ3) is 5.15. The van der Waals surface area contributed by atoms with E-state index in [1.54, 1.807) is 0 Å². The van der Waals surface area contributed by atoms with Gasteiger partial charge in [-0.3, -0.25) is 0 Å². The van der Waals surface area contributed by atoms with E-state index < -0.39 is 6.03 Å². The Morgan fingerprint density at radius 1 is 1.80 bits per heavy atom. The van der Waals surface area contributed by atoms with Crippen molar-refractivity contribution in [2.24, 2.45) is 11.7 Å². The highest BCUT2D eigenvalue weighted by Crippen LogP contribution is 1.93. The Morgan fingerprint density at radius 2 is 2.40 bits per heavy atom. The summed E-state index contributed by atoms with van der Waals surface area (Å²) in [5.41, 5.74) is 4.86. The highest BCUT2D eigenvalue weighted by molar-refractivity contribution is 5.71. The molecule has 0 saturated heterocycles. The fraction of sp³-hybridized carbons (Fsp3) is 0.571. The number of rotatable bonds is 3. The summed E-state index contributed by atoms with van der Waals surface area (Å²) in [6.45, 7) is 4.57. The normalized spacial score (nSPS) is 13.4. The van der Waals surface area contributed by atoms with Gasteiger partial charge in [-0.1, -0.05) is 19.1 Å². The number of hydrogen-bond donors (Lipinski definition) is 2. The lowest BCUT2D eigenvalue weighted by molar-refractivity contribution is 0.248. The van der Waals surface area contributed by atoms with Crippen molar-refractivity contribution in [1.29, 1.82) is 0 Å². The van der Waals surface area contributed by atoms with E-state index in [-0.39, 0.29) is 0 Å². The van der Waals surface area contributed by atoms with Gasteiger partial charge in [-0.05, 0) is 12.8 Å². The summed E-state index contributed by atoms with van der Waals surface area (Å²) < 4.78 is 0. The third-order valence-corrected chi connectivity index (χ3v) is 1.12. The average Bonchev–Trinajstić information content (AvgIpc) is 1.85. The molecule has 0 aliphatic heterocycles. The molecule has 58 valence electrons. The molecule has 0 rings (SSSR count). The van der Waals surface area contributed by atoms with Gasteiger partial charge >= 0.3 is 6.03 Å². The van der Waals surface area contributed by atoms with Crippen molar-refractivity contribution in [2.75, 3.05) is 6.54 Å². The third-order valence-electron chi connectivity index (χ3n) is 1.12. The van der Waals surface area contributed by atoms with Crippen LogP contribution in [0.3, 0.4) is 0 Å². The van der Waals surface area contributed by atoms with Crippen molar-refractivity contribution in [2.45, 2.75) is 13.8 Å². The van der Waals surface area contributed by atoms with E-state index >= 15 is 0 Å². The van der Waals surface area contributed by atoms with Crippen LogP contribution in [0.5, 0.6) is 0 Å². The molecule has 3 N–H and O–H groups in total. The molecule has 0 bridgehead atoms. The quantitative estimate of drug-likeness (QED) is 0.564. The molecule has 2 amide bonds. The van der Waals surface area contributed by atoms with Crippen LogP contribution in [0.2, 0.25) is 0 Å². The number of urea groups is 1. The van der Waals surface area contributed by atoms with Gasteiger partial charge in [0.15, 0.2) is 0 Å². The number of carbonyl (C=O) groups excluding carboxylic acids is 1. The molecule has 1 atom stereocenters. The van der Waals surface area contributed by atoms with Crippen LogP contribution >= 0.6 is 0 Å². The summed E-state index contributed by atoms with van der Waals surface area (Å²) in [6, 6.07) is -0.462. The maximum atomic E-state index is 10.2. The van der Waals surface area contributed by atoms with Gasteiger partial charge in [0.2, 0.25) is 0 Å². The molecular weight excluding hydrogens is 128 g/mol. The van der Waals surface area contributed by atoms with Gasteiger partial charge in [0.25, 0.3) is 0 Å².